The van der Waals surface area contributed by atoms with Gasteiger partial charge in [-0.25, -0.2) is 4.79 Å². The van der Waals surface area contributed by atoms with Gasteiger partial charge < -0.3 is 19.2 Å². The zero-order valence-corrected chi connectivity index (χ0v) is 21.5. The number of carbonyl (C=O) groups excluding carboxylic acids is 2. The molecule has 1 fully saturated rings. The molecule has 12 heteroatoms. The van der Waals surface area contributed by atoms with E-state index in [4.69, 9.17) is 20.8 Å². The maximum atomic E-state index is 13.3. The standard InChI is InChI=1S/C22H25ClN4O5S2/c1-12-15(9-17(28)26(12)22(30)25(2)3)18-19(31-4)21(33-11-14-5-6-16(23)34-14)27(24-18)20(29)13-7-8-32-10-13/h5-8,10,12,15,17,28H,9,11H2,1-4H3. The number of hydrogen-bond donors (Lipinski definition) is 1. The molecule has 0 aliphatic carbocycles. The summed E-state index contributed by atoms with van der Waals surface area (Å²) in [5.41, 5.74) is 0.869. The Morgan fingerprint density at radius 3 is 2.74 bits per heavy atom. The Labute approximate surface area is 210 Å². The van der Waals surface area contributed by atoms with Crippen LogP contribution in [-0.4, -0.2) is 70.1 Å². The lowest BCUT2D eigenvalue weighted by atomic mass is 9.97. The second-order valence-corrected chi connectivity index (χ2v) is 10.9. The number of thiophene rings is 1. The lowest BCUT2D eigenvalue weighted by Crippen LogP contribution is -2.46. The summed E-state index contributed by atoms with van der Waals surface area (Å²) in [5, 5.41) is 15.9. The third-order valence-corrected chi connectivity index (χ3v) is 8.23. The fraction of sp³-hybridized carbons (Fsp3) is 0.409. The Morgan fingerprint density at radius 1 is 1.38 bits per heavy atom. The number of likely N-dealkylation sites (tertiary alicyclic amines) is 1. The molecule has 34 heavy (non-hydrogen) atoms. The number of ether oxygens (including phenoxy) is 1. The summed E-state index contributed by atoms with van der Waals surface area (Å²) in [6.45, 7) is 1.86. The molecule has 0 saturated carbocycles. The van der Waals surface area contributed by atoms with Gasteiger partial charge in [-0.15, -0.1) is 11.3 Å². The number of hydrogen-bond acceptors (Lipinski definition) is 8. The van der Waals surface area contributed by atoms with Crippen LogP contribution in [0.3, 0.4) is 0 Å². The lowest BCUT2D eigenvalue weighted by Gasteiger charge is -2.29. The van der Waals surface area contributed by atoms with Crippen molar-refractivity contribution in [3.05, 3.63) is 51.2 Å². The van der Waals surface area contributed by atoms with Crippen molar-refractivity contribution in [3.63, 3.8) is 0 Å². The summed E-state index contributed by atoms with van der Waals surface area (Å²) in [4.78, 5) is 29.8. The highest BCUT2D eigenvalue weighted by Gasteiger charge is 2.45. The van der Waals surface area contributed by atoms with Crippen LogP contribution in [0, 0.1) is 0 Å². The normalized spacial score (nSPS) is 20.1. The Balaban J connectivity index is 1.74. The van der Waals surface area contributed by atoms with Crippen LogP contribution < -0.4 is 4.74 Å². The molecule has 0 bridgehead atoms. The molecule has 1 aliphatic heterocycles. The van der Waals surface area contributed by atoms with Crippen LogP contribution in [0.25, 0.3) is 0 Å². The second-order valence-electron chi connectivity index (χ2n) is 8.09. The number of aromatic nitrogens is 2. The Morgan fingerprint density at radius 2 is 2.15 bits per heavy atom. The van der Waals surface area contributed by atoms with Crippen molar-refractivity contribution in [3.8, 4) is 5.75 Å². The largest absolute Gasteiger partial charge is 0.492 e. The molecule has 1 N–H and O–H groups in total. The zero-order valence-electron chi connectivity index (χ0n) is 19.1. The zero-order chi connectivity index (χ0) is 24.6. The summed E-state index contributed by atoms with van der Waals surface area (Å²) >= 11 is 8.95. The fourth-order valence-corrected chi connectivity index (χ4v) is 6.29. The predicted octanol–water partition coefficient (Wildman–Crippen LogP) is 4.36. The number of urea groups is 1. The van der Waals surface area contributed by atoms with Crippen LogP contribution >= 0.6 is 34.7 Å². The molecule has 3 unspecified atom stereocenters. The molecule has 2 amide bonds. The number of aliphatic hydroxyl groups is 1. The van der Waals surface area contributed by atoms with Crippen molar-refractivity contribution >= 4 is 46.6 Å². The molecular formula is C22H25ClN4O5S2. The van der Waals surface area contributed by atoms with E-state index in [0.717, 1.165) is 4.88 Å². The van der Waals surface area contributed by atoms with Gasteiger partial charge in [-0.05, 0) is 25.1 Å². The number of rotatable bonds is 6. The second kappa shape index (κ2) is 10.0. The van der Waals surface area contributed by atoms with Crippen molar-refractivity contribution < 1.29 is 23.8 Å². The minimum Gasteiger partial charge on any atom is -0.492 e. The first-order chi connectivity index (χ1) is 16.2. The molecule has 4 rings (SSSR count). The summed E-state index contributed by atoms with van der Waals surface area (Å²) in [5.74, 6) is 0.318. The minimum absolute atomic E-state index is 0.276. The van der Waals surface area contributed by atoms with E-state index in [0.29, 0.717) is 32.1 Å². The van der Waals surface area contributed by atoms with Crippen LogP contribution in [0.4, 0.5) is 4.79 Å². The van der Waals surface area contributed by atoms with Gasteiger partial charge in [0.25, 0.3) is 5.91 Å². The van der Waals surface area contributed by atoms with Crippen LogP contribution in [0.5, 0.6) is 5.75 Å². The molecular weight excluding hydrogens is 500 g/mol. The van der Waals surface area contributed by atoms with E-state index in [2.05, 4.69) is 5.10 Å². The van der Waals surface area contributed by atoms with Crippen LogP contribution in [-0.2, 0) is 5.75 Å². The molecule has 3 aromatic heterocycles. The highest BCUT2D eigenvalue weighted by atomic mass is 35.5. The van der Waals surface area contributed by atoms with Gasteiger partial charge in [0.2, 0.25) is 0 Å². The van der Waals surface area contributed by atoms with Crippen molar-refractivity contribution in [1.29, 1.82) is 0 Å². The van der Waals surface area contributed by atoms with E-state index in [1.807, 2.05) is 19.1 Å². The molecule has 0 spiro atoms. The number of thioether (sulfide) groups is 1. The lowest BCUT2D eigenvalue weighted by molar-refractivity contribution is 0.0380. The van der Waals surface area contributed by atoms with E-state index < -0.39 is 6.23 Å². The van der Waals surface area contributed by atoms with E-state index in [1.54, 1.807) is 20.2 Å². The summed E-state index contributed by atoms with van der Waals surface area (Å²) in [6, 6.07) is 4.69. The van der Waals surface area contributed by atoms with Gasteiger partial charge >= 0.3 is 6.03 Å². The van der Waals surface area contributed by atoms with Crippen LogP contribution in [0.15, 0.2) is 40.2 Å². The van der Waals surface area contributed by atoms with E-state index in [9.17, 15) is 14.7 Å². The summed E-state index contributed by atoms with van der Waals surface area (Å²) in [6.07, 6.45) is 2.09. The third-order valence-electron chi connectivity index (χ3n) is 5.73. The van der Waals surface area contributed by atoms with Crippen molar-refractivity contribution in [2.24, 2.45) is 0 Å². The maximum Gasteiger partial charge on any atom is 0.321 e. The Hall–Kier alpha value is -2.47. The molecule has 0 radical (unpaired) electrons. The molecule has 1 aliphatic rings. The first-order valence-corrected chi connectivity index (χ1v) is 12.7. The Bertz CT molecular complexity index is 1180. The van der Waals surface area contributed by atoms with Crippen molar-refractivity contribution in [2.45, 2.75) is 42.3 Å². The molecule has 9 nitrogen and oxygen atoms in total. The first-order valence-electron chi connectivity index (χ1n) is 10.5. The van der Waals surface area contributed by atoms with Gasteiger partial charge in [-0.1, -0.05) is 23.4 Å². The number of furan rings is 1. The SMILES string of the molecule is COc1c(C2CC(O)N(C(=O)N(C)C)C2C)nn(C(=O)c2ccoc2)c1SCc1ccc(Cl)s1. The molecule has 4 heterocycles. The number of halogens is 1. The van der Waals surface area contributed by atoms with Gasteiger partial charge in [-0.3, -0.25) is 9.69 Å². The molecule has 182 valence electrons. The minimum atomic E-state index is -0.973. The van der Waals surface area contributed by atoms with E-state index >= 15 is 0 Å². The monoisotopic (exact) mass is 524 g/mol. The number of nitrogens with zero attached hydrogens (tertiary/aromatic N) is 4. The van der Waals surface area contributed by atoms with Crippen molar-refractivity contribution in [2.75, 3.05) is 21.2 Å². The fourth-order valence-electron chi connectivity index (χ4n) is 4.06. The maximum absolute atomic E-state index is 13.3. The Kier molecular flexibility index (Phi) is 7.27. The number of carbonyl (C=O) groups is 2. The van der Waals surface area contributed by atoms with Crippen LogP contribution in [0.1, 0.15) is 40.2 Å². The molecule has 0 aromatic carbocycles. The highest BCUT2D eigenvalue weighted by molar-refractivity contribution is 7.98. The van der Waals surface area contributed by atoms with Crippen LogP contribution in [0.2, 0.25) is 4.34 Å². The van der Waals surface area contributed by atoms with E-state index in [-0.39, 0.29) is 30.3 Å². The van der Waals surface area contributed by atoms with Gasteiger partial charge in [0.15, 0.2) is 5.75 Å². The number of amides is 2. The van der Waals surface area contributed by atoms with Gasteiger partial charge in [0, 0.05) is 43.1 Å². The predicted molar refractivity (Wildman–Crippen MR) is 130 cm³/mol. The number of aliphatic hydroxyl groups excluding tert-OH is 1. The molecule has 3 atom stereocenters. The molecule has 1 saturated heterocycles. The van der Waals surface area contributed by atoms with Crippen molar-refractivity contribution in [1.82, 2.24) is 19.6 Å². The van der Waals surface area contributed by atoms with E-state index in [1.165, 1.54) is 57.2 Å². The first kappa shape index (κ1) is 24.6. The highest BCUT2D eigenvalue weighted by Crippen LogP contribution is 2.45. The topological polar surface area (TPSA) is 101 Å². The molecule has 3 aromatic rings. The third kappa shape index (κ3) is 4.57. The smallest absolute Gasteiger partial charge is 0.321 e. The number of methoxy groups -OCH3 is 1. The average Bonchev–Trinajstić information content (AvgIpc) is 3.58. The van der Waals surface area contributed by atoms with Gasteiger partial charge in [0.05, 0.1) is 23.3 Å². The van der Waals surface area contributed by atoms with Gasteiger partial charge in [0.1, 0.15) is 23.2 Å². The van der Waals surface area contributed by atoms with Gasteiger partial charge in [-0.2, -0.15) is 9.78 Å². The summed E-state index contributed by atoms with van der Waals surface area (Å²) in [7, 11) is 4.80. The summed E-state index contributed by atoms with van der Waals surface area (Å²) < 4.78 is 12.9. The average molecular weight is 525 g/mol. The quantitative estimate of drug-likeness (QED) is 0.478.